The van der Waals surface area contributed by atoms with Crippen LogP contribution in [0, 0.1) is 5.41 Å². The highest BCUT2D eigenvalue weighted by molar-refractivity contribution is 5.85. The van der Waals surface area contributed by atoms with Crippen LogP contribution in [0.2, 0.25) is 0 Å². The van der Waals surface area contributed by atoms with Crippen molar-refractivity contribution in [2.45, 2.75) is 20.3 Å². The minimum absolute atomic E-state index is 0. The first-order valence-electron chi connectivity index (χ1n) is 3.49. The van der Waals surface area contributed by atoms with Crippen LogP contribution in [0.5, 0.6) is 0 Å². The molecule has 0 N–H and O–H groups in total. The third kappa shape index (κ3) is 2.51. The van der Waals surface area contributed by atoms with Gasteiger partial charge < -0.3 is 4.79 Å². The monoisotopic (exact) mass is 172 g/mol. The molecule has 0 fully saturated rings. The minimum atomic E-state index is -0.237. The van der Waals surface area contributed by atoms with Gasteiger partial charge in [0.1, 0.15) is 6.29 Å². The SMILES string of the molecule is CC1=CCC(C)(C=O)C=C1.Cl. The molecule has 1 nitrogen and oxygen atoms in total. The maximum atomic E-state index is 10.5. The number of hydrogen-bond acceptors (Lipinski definition) is 1. The lowest BCUT2D eigenvalue weighted by Crippen LogP contribution is -2.15. The quantitative estimate of drug-likeness (QED) is 0.556. The van der Waals surface area contributed by atoms with Crippen molar-refractivity contribution in [1.82, 2.24) is 0 Å². The Morgan fingerprint density at radius 3 is 2.64 bits per heavy atom. The molecule has 1 aliphatic carbocycles. The number of carbonyl (C=O) groups is 1. The largest absolute Gasteiger partial charge is 0.302 e. The third-order valence-electron chi connectivity index (χ3n) is 1.86. The first-order valence-corrected chi connectivity index (χ1v) is 3.49. The normalized spacial score (nSPS) is 28.7. The van der Waals surface area contributed by atoms with Gasteiger partial charge in [-0.3, -0.25) is 0 Å². The Kier molecular flexibility index (Phi) is 3.53. The molecule has 0 amide bonds. The second-order valence-corrected chi connectivity index (χ2v) is 3.11. The van der Waals surface area contributed by atoms with E-state index in [1.807, 2.05) is 26.0 Å². The number of carbonyl (C=O) groups excluding carboxylic acids is 1. The third-order valence-corrected chi connectivity index (χ3v) is 1.86. The van der Waals surface area contributed by atoms with E-state index in [2.05, 4.69) is 6.08 Å². The topological polar surface area (TPSA) is 17.1 Å². The van der Waals surface area contributed by atoms with Crippen molar-refractivity contribution < 1.29 is 4.79 Å². The molecule has 0 heterocycles. The van der Waals surface area contributed by atoms with Gasteiger partial charge in [-0.2, -0.15) is 0 Å². The molecule has 0 aliphatic heterocycles. The summed E-state index contributed by atoms with van der Waals surface area (Å²) in [6, 6.07) is 0. The van der Waals surface area contributed by atoms with Crippen molar-refractivity contribution in [3.8, 4) is 0 Å². The van der Waals surface area contributed by atoms with E-state index in [1.165, 1.54) is 5.57 Å². The lowest BCUT2D eigenvalue weighted by Gasteiger charge is -2.19. The second kappa shape index (κ2) is 3.72. The van der Waals surface area contributed by atoms with Crippen LogP contribution < -0.4 is 0 Å². The van der Waals surface area contributed by atoms with Crippen LogP contribution in [0.3, 0.4) is 0 Å². The van der Waals surface area contributed by atoms with Gasteiger partial charge in [0.15, 0.2) is 0 Å². The number of aldehydes is 1. The molecular formula is C9H13ClO. The fourth-order valence-corrected chi connectivity index (χ4v) is 0.926. The maximum Gasteiger partial charge on any atom is 0.129 e. The van der Waals surface area contributed by atoms with E-state index < -0.39 is 0 Å². The Balaban J connectivity index is 0.000001000. The van der Waals surface area contributed by atoms with E-state index in [1.54, 1.807) is 0 Å². The van der Waals surface area contributed by atoms with Gasteiger partial charge >= 0.3 is 0 Å². The molecule has 0 bridgehead atoms. The Morgan fingerprint density at radius 2 is 2.27 bits per heavy atom. The summed E-state index contributed by atoms with van der Waals surface area (Å²) in [5.74, 6) is 0. The van der Waals surface area contributed by atoms with Crippen molar-refractivity contribution in [2.75, 3.05) is 0 Å². The van der Waals surface area contributed by atoms with Crippen LogP contribution >= 0.6 is 12.4 Å². The van der Waals surface area contributed by atoms with Crippen molar-refractivity contribution in [2.24, 2.45) is 5.41 Å². The summed E-state index contributed by atoms with van der Waals surface area (Å²) in [6.07, 6.45) is 7.91. The first-order chi connectivity index (χ1) is 4.66. The molecule has 1 aliphatic rings. The average Bonchev–Trinajstić information content (AvgIpc) is 1.96. The van der Waals surface area contributed by atoms with Crippen LogP contribution in [-0.2, 0) is 4.79 Å². The summed E-state index contributed by atoms with van der Waals surface area (Å²) < 4.78 is 0. The zero-order valence-electron chi connectivity index (χ0n) is 6.83. The predicted octanol–water partition coefficient (Wildman–Crippen LogP) is 2.52. The molecule has 62 valence electrons. The molecule has 1 atom stereocenters. The van der Waals surface area contributed by atoms with E-state index in [4.69, 9.17) is 0 Å². The maximum absolute atomic E-state index is 10.5. The summed E-state index contributed by atoms with van der Waals surface area (Å²) >= 11 is 0. The summed E-state index contributed by atoms with van der Waals surface area (Å²) in [5, 5.41) is 0. The standard InChI is InChI=1S/C9H12O.ClH/c1-8-3-5-9(2,7-10)6-4-8;/h3-5,7H,6H2,1-2H3;1H. The molecule has 2 heteroatoms. The highest BCUT2D eigenvalue weighted by Crippen LogP contribution is 2.26. The fraction of sp³-hybridized carbons (Fsp3) is 0.444. The molecule has 1 unspecified atom stereocenters. The lowest BCUT2D eigenvalue weighted by atomic mass is 9.84. The van der Waals surface area contributed by atoms with Gasteiger partial charge in [0, 0.05) is 5.41 Å². The fourth-order valence-electron chi connectivity index (χ4n) is 0.926. The lowest BCUT2D eigenvalue weighted by molar-refractivity contribution is -0.113. The highest BCUT2D eigenvalue weighted by Gasteiger charge is 2.19. The Labute approximate surface area is 73.6 Å². The van der Waals surface area contributed by atoms with Crippen LogP contribution in [0.1, 0.15) is 20.3 Å². The summed E-state index contributed by atoms with van der Waals surface area (Å²) in [5.41, 5.74) is 1.01. The summed E-state index contributed by atoms with van der Waals surface area (Å²) in [6.45, 7) is 3.99. The Bertz CT molecular complexity index is 206. The molecule has 0 spiro atoms. The number of halogens is 1. The molecular weight excluding hydrogens is 160 g/mol. The smallest absolute Gasteiger partial charge is 0.129 e. The predicted molar refractivity (Wildman–Crippen MR) is 48.9 cm³/mol. The van der Waals surface area contributed by atoms with Gasteiger partial charge in [0.05, 0.1) is 0 Å². The number of hydrogen-bond donors (Lipinski definition) is 0. The molecule has 0 radical (unpaired) electrons. The van der Waals surface area contributed by atoms with E-state index in [0.29, 0.717) is 0 Å². The van der Waals surface area contributed by atoms with E-state index in [0.717, 1.165) is 12.7 Å². The van der Waals surface area contributed by atoms with Gasteiger partial charge in [-0.05, 0) is 20.3 Å². The van der Waals surface area contributed by atoms with E-state index >= 15 is 0 Å². The molecule has 11 heavy (non-hydrogen) atoms. The van der Waals surface area contributed by atoms with Gasteiger partial charge in [0.25, 0.3) is 0 Å². The number of rotatable bonds is 1. The van der Waals surface area contributed by atoms with Crippen molar-refractivity contribution in [1.29, 1.82) is 0 Å². The second-order valence-electron chi connectivity index (χ2n) is 3.11. The molecule has 0 aromatic carbocycles. The van der Waals surface area contributed by atoms with Crippen LogP contribution in [0.25, 0.3) is 0 Å². The van der Waals surface area contributed by atoms with Crippen LogP contribution in [0.4, 0.5) is 0 Å². The Morgan fingerprint density at radius 1 is 1.64 bits per heavy atom. The Hall–Kier alpha value is -0.560. The minimum Gasteiger partial charge on any atom is -0.302 e. The highest BCUT2D eigenvalue weighted by atomic mass is 35.5. The molecule has 0 saturated heterocycles. The first kappa shape index (κ1) is 10.4. The van der Waals surface area contributed by atoms with Gasteiger partial charge in [0.2, 0.25) is 0 Å². The van der Waals surface area contributed by atoms with Gasteiger partial charge in [-0.1, -0.05) is 23.8 Å². The zero-order valence-corrected chi connectivity index (χ0v) is 7.65. The van der Waals surface area contributed by atoms with E-state index in [9.17, 15) is 4.79 Å². The molecule has 1 rings (SSSR count). The van der Waals surface area contributed by atoms with Crippen molar-refractivity contribution in [3.05, 3.63) is 23.8 Å². The molecule has 0 aromatic heterocycles. The average molecular weight is 173 g/mol. The number of allylic oxidation sites excluding steroid dienone is 4. The molecule has 0 saturated carbocycles. The van der Waals surface area contributed by atoms with Gasteiger partial charge in [-0.15, -0.1) is 12.4 Å². The summed E-state index contributed by atoms with van der Waals surface area (Å²) in [7, 11) is 0. The zero-order chi connectivity index (χ0) is 7.61. The van der Waals surface area contributed by atoms with Crippen molar-refractivity contribution in [3.63, 3.8) is 0 Å². The van der Waals surface area contributed by atoms with E-state index in [-0.39, 0.29) is 17.8 Å². The van der Waals surface area contributed by atoms with Crippen LogP contribution in [-0.4, -0.2) is 6.29 Å². The van der Waals surface area contributed by atoms with Crippen molar-refractivity contribution >= 4 is 18.7 Å². The van der Waals surface area contributed by atoms with Crippen LogP contribution in [0.15, 0.2) is 23.8 Å². The summed E-state index contributed by atoms with van der Waals surface area (Å²) in [4.78, 5) is 10.5. The molecule has 0 aromatic rings. The van der Waals surface area contributed by atoms with Gasteiger partial charge in [-0.25, -0.2) is 0 Å².